The maximum Gasteiger partial charge on any atom is 0.405 e. The molecule has 0 amide bonds. The Kier molecular flexibility index (Phi) is 3.55. The van der Waals surface area contributed by atoms with Crippen LogP contribution in [0, 0.1) is 0 Å². The molecule has 2 nitrogen and oxygen atoms in total. The number of nitrogens with zero attached hydrogens (tertiary/aromatic N) is 1. The molecule has 0 aromatic carbocycles. The predicted molar refractivity (Wildman–Crippen MR) is 44.6 cm³/mol. The van der Waals surface area contributed by atoms with Crippen molar-refractivity contribution in [2.24, 2.45) is 0 Å². The van der Waals surface area contributed by atoms with E-state index in [1.165, 1.54) is 4.90 Å². The van der Waals surface area contributed by atoms with Gasteiger partial charge < -0.3 is 5.32 Å². The Bertz CT molecular complexity index is 158. The summed E-state index contributed by atoms with van der Waals surface area (Å²) in [6.07, 6.45) is -3.31. The van der Waals surface area contributed by atoms with Crippen molar-refractivity contribution >= 4 is 0 Å². The average Bonchev–Trinajstić information content (AvgIpc) is 2.26. The highest BCUT2D eigenvalue weighted by Gasteiger charge is 2.43. The molecule has 0 bridgehead atoms. The number of hydrogen-bond acceptors (Lipinski definition) is 2. The minimum atomic E-state index is -4.10. The summed E-state index contributed by atoms with van der Waals surface area (Å²) in [5.41, 5.74) is 0. The van der Waals surface area contributed by atoms with Gasteiger partial charge in [0.25, 0.3) is 0 Å². The van der Waals surface area contributed by atoms with Crippen molar-refractivity contribution in [3.8, 4) is 0 Å². The number of alkyl halides is 3. The lowest BCUT2D eigenvalue weighted by Gasteiger charge is -2.29. The van der Waals surface area contributed by atoms with Gasteiger partial charge in [-0.05, 0) is 19.5 Å². The Morgan fingerprint density at radius 2 is 2.15 bits per heavy atom. The SMILES string of the molecule is CCN1CCCNCC1C(F)(F)F. The monoisotopic (exact) mass is 196 g/mol. The fourth-order valence-electron chi connectivity index (χ4n) is 1.63. The molecule has 0 aromatic rings. The van der Waals surface area contributed by atoms with Crippen molar-refractivity contribution in [1.82, 2.24) is 10.2 Å². The molecule has 0 radical (unpaired) electrons. The summed E-state index contributed by atoms with van der Waals surface area (Å²) in [4.78, 5) is 1.49. The van der Waals surface area contributed by atoms with Crippen molar-refractivity contribution in [2.45, 2.75) is 25.6 Å². The van der Waals surface area contributed by atoms with Crippen LogP contribution >= 0.6 is 0 Å². The largest absolute Gasteiger partial charge is 0.405 e. The van der Waals surface area contributed by atoms with Gasteiger partial charge in [0.05, 0.1) is 0 Å². The quantitative estimate of drug-likeness (QED) is 0.678. The Hall–Kier alpha value is -0.290. The fourth-order valence-corrected chi connectivity index (χ4v) is 1.63. The van der Waals surface area contributed by atoms with Crippen LogP contribution in [-0.4, -0.2) is 43.3 Å². The molecule has 13 heavy (non-hydrogen) atoms. The molecule has 0 saturated carbocycles. The number of nitrogens with one attached hydrogen (secondary N) is 1. The summed E-state index contributed by atoms with van der Waals surface area (Å²) in [5, 5.41) is 2.81. The third-order valence-corrected chi connectivity index (χ3v) is 2.36. The van der Waals surface area contributed by atoms with Gasteiger partial charge in [0, 0.05) is 13.1 Å². The molecule has 78 valence electrons. The molecule has 1 rings (SSSR count). The second-order valence-corrected chi connectivity index (χ2v) is 3.24. The Morgan fingerprint density at radius 3 is 2.69 bits per heavy atom. The van der Waals surface area contributed by atoms with Crippen LogP contribution in [0.15, 0.2) is 0 Å². The number of halogens is 3. The Morgan fingerprint density at radius 1 is 1.46 bits per heavy atom. The van der Waals surface area contributed by atoms with Crippen molar-refractivity contribution in [3.05, 3.63) is 0 Å². The van der Waals surface area contributed by atoms with Crippen LogP contribution in [0.3, 0.4) is 0 Å². The van der Waals surface area contributed by atoms with E-state index in [-0.39, 0.29) is 6.54 Å². The zero-order valence-electron chi connectivity index (χ0n) is 7.69. The van der Waals surface area contributed by atoms with Crippen LogP contribution in [0.5, 0.6) is 0 Å². The van der Waals surface area contributed by atoms with E-state index in [1.807, 2.05) is 0 Å². The zero-order chi connectivity index (χ0) is 9.90. The summed E-state index contributed by atoms with van der Waals surface area (Å²) in [5.74, 6) is 0. The highest BCUT2D eigenvalue weighted by Crippen LogP contribution is 2.25. The predicted octanol–water partition coefficient (Wildman–Crippen LogP) is 1.23. The number of rotatable bonds is 1. The molecule has 0 spiro atoms. The first kappa shape index (κ1) is 10.8. The normalized spacial score (nSPS) is 27.2. The maximum atomic E-state index is 12.5. The molecule has 1 N–H and O–H groups in total. The van der Waals surface area contributed by atoms with Crippen molar-refractivity contribution < 1.29 is 13.2 Å². The van der Waals surface area contributed by atoms with Gasteiger partial charge in [-0.15, -0.1) is 0 Å². The van der Waals surface area contributed by atoms with Gasteiger partial charge in [0.2, 0.25) is 0 Å². The first-order chi connectivity index (χ1) is 6.05. The first-order valence-corrected chi connectivity index (χ1v) is 4.57. The van der Waals surface area contributed by atoms with Gasteiger partial charge in [-0.25, -0.2) is 0 Å². The van der Waals surface area contributed by atoms with E-state index in [4.69, 9.17) is 0 Å². The third kappa shape index (κ3) is 2.84. The van der Waals surface area contributed by atoms with E-state index in [9.17, 15) is 13.2 Å². The van der Waals surface area contributed by atoms with Gasteiger partial charge in [0.1, 0.15) is 6.04 Å². The molecule has 1 saturated heterocycles. The molecule has 1 fully saturated rings. The van der Waals surface area contributed by atoms with E-state index in [1.54, 1.807) is 6.92 Å². The maximum absolute atomic E-state index is 12.5. The van der Waals surface area contributed by atoms with E-state index >= 15 is 0 Å². The molecule has 1 heterocycles. The van der Waals surface area contributed by atoms with Crippen LogP contribution < -0.4 is 5.32 Å². The minimum absolute atomic E-state index is 0.0251. The molecule has 1 aliphatic rings. The van der Waals surface area contributed by atoms with Gasteiger partial charge in [-0.1, -0.05) is 6.92 Å². The number of likely N-dealkylation sites (N-methyl/N-ethyl adjacent to an activating group) is 1. The smallest absolute Gasteiger partial charge is 0.315 e. The van der Waals surface area contributed by atoms with Crippen molar-refractivity contribution in [1.29, 1.82) is 0 Å². The lowest BCUT2D eigenvalue weighted by Crippen LogP contribution is -2.49. The van der Waals surface area contributed by atoms with E-state index < -0.39 is 12.2 Å². The number of hydrogen-bond donors (Lipinski definition) is 1. The van der Waals surface area contributed by atoms with Gasteiger partial charge in [-0.3, -0.25) is 4.90 Å². The van der Waals surface area contributed by atoms with Crippen molar-refractivity contribution in [2.75, 3.05) is 26.2 Å². The van der Waals surface area contributed by atoms with Crippen LogP contribution in [0.25, 0.3) is 0 Å². The second kappa shape index (κ2) is 4.28. The van der Waals surface area contributed by atoms with E-state index in [0.29, 0.717) is 19.6 Å². The highest BCUT2D eigenvalue weighted by molar-refractivity contribution is 4.82. The fraction of sp³-hybridized carbons (Fsp3) is 1.00. The average molecular weight is 196 g/mol. The Balaban J connectivity index is 2.65. The molecule has 1 unspecified atom stereocenters. The minimum Gasteiger partial charge on any atom is -0.315 e. The lowest BCUT2D eigenvalue weighted by atomic mass is 10.2. The topological polar surface area (TPSA) is 15.3 Å². The zero-order valence-corrected chi connectivity index (χ0v) is 7.69. The van der Waals surface area contributed by atoms with Crippen LogP contribution in [0.2, 0.25) is 0 Å². The first-order valence-electron chi connectivity index (χ1n) is 4.57. The second-order valence-electron chi connectivity index (χ2n) is 3.24. The molecule has 0 aromatic heterocycles. The molecule has 1 aliphatic heterocycles. The summed E-state index contributed by atoms with van der Waals surface area (Å²) < 4.78 is 37.4. The van der Waals surface area contributed by atoms with Crippen molar-refractivity contribution in [3.63, 3.8) is 0 Å². The van der Waals surface area contributed by atoms with Gasteiger partial charge >= 0.3 is 6.18 Å². The van der Waals surface area contributed by atoms with E-state index in [0.717, 1.165) is 6.42 Å². The molecular weight excluding hydrogens is 181 g/mol. The van der Waals surface area contributed by atoms with E-state index in [2.05, 4.69) is 5.32 Å². The molecule has 0 aliphatic carbocycles. The third-order valence-electron chi connectivity index (χ3n) is 2.36. The summed E-state index contributed by atoms with van der Waals surface area (Å²) in [7, 11) is 0. The molecular formula is C8H15F3N2. The van der Waals surface area contributed by atoms with Crippen LogP contribution in [0.4, 0.5) is 13.2 Å². The Labute approximate surface area is 76.1 Å². The standard InChI is InChI=1S/C8H15F3N2/c1-2-13-5-3-4-12-6-7(13)8(9,10)11/h7,12H,2-6H2,1H3. The summed E-state index contributed by atoms with van der Waals surface area (Å²) in [6, 6.07) is -1.31. The molecule has 1 atom stereocenters. The van der Waals surface area contributed by atoms with Crippen LogP contribution in [-0.2, 0) is 0 Å². The highest BCUT2D eigenvalue weighted by atomic mass is 19.4. The summed E-state index contributed by atoms with van der Waals surface area (Å²) in [6.45, 7) is 3.48. The molecule has 5 heteroatoms. The van der Waals surface area contributed by atoms with Crippen LogP contribution in [0.1, 0.15) is 13.3 Å². The van der Waals surface area contributed by atoms with Gasteiger partial charge in [-0.2, -0.15) is 13.2 Å². The lowest BCUT2D eigenvalue weighted by molar-refractivity contribution is -0.180. The summed E-state index contributed by atoms with van der Waals surface area (Å²) >= 11 is 0. The van der Waals surface area contributed by atoms with Gasteiger partial charge in [0.15, 0.2) is 0 Å².